The van der Waals surface area contributed by atoms with Gasteiger partial charge in [-0.05, 0) is 32.7 Å². The van der Waals surface area contributed by atoms with Crippen LogP contribution in [0.25, 0.3) is 0 Å². The van der Waals surface area contributed by atoms with Crippen LogP contribution in [0.4, 0.5) is 0 Å². The molecular formula is C17H32N4O11. The SMILES string of the molecule is C[C@@H](O)[C@H](N)C(=O)OC[C@H](N)C(=O)O.N[C@@H](CCC(=O)O)C(=O)O.O=C(O)[C@@H]1CCCN1. The fourth-order valence-electron chi connectivity index (χ4n) is 1.83. The molecule has 0 unspecified atom stereocenters. The summed E-state index contributed by atoms with van der Waals surface area (Å²) in [6.45, 7) is 1.72. The van der Waals surface area contributed by atoms with Gasteiger partial charge in [0, 0.05) is 6.42 Å². The summed E-state index contributed by atoms with van der Waals surface area (Å²) < 4.78 is 4.46. The molecule has 0 aromatic carbocycles. The highest BCUT2D eigenvalue weighted by Gasteiger charge is 2.22. The van der Waals surface area contributed by atoms with Crippen LogP contribution in [0.3, 0.4) is 0 Å². The van der Waals surface area contributed by atoms with Crippen molar-refractivity contribution in [1.29, 1.82) is 0 Å². The number of carboxylic acids is 4. The van der Waals surface area contributed by atoms with E-state index in [1.807, 2.05) is 0 Å². The second-order valence-electron chi connectivity index (χ2n) is 6.71. The second kappa shape index (κ2) is 16.8. The number of carbonyl (C=O) groups excluding carboxylic acids is 1. The number of carboxylic acid groups (broad SMARTS) is 4. The average molecular weight is 468 g/mol. The zero-order chi connectivity index (χ0) is 25.4. The van der Waals surface area contributed by atoms with E-state index < -0.39 is 60.7 Å². The third-order valence-electron chi connectivity index (χ3n) is 3.86. The molecule has 0 aromatic heterocycles. The number of nitrogens with one attached hydrogen (secondary N) is 1. The predicted octanol–water partition coefficient (Wildman–Crippen LogP) is -3.26. The van der Waals surface area contributed by atoms with Gasteiger partial charge < -0.3 is 52.8 Å². The van der Waals surface area contributed by atoms with Gasteiger partial charge in [0.25, 0.3) is 0 Å². The summed E-state index contributed by atoms with van der Waals surface area (Å²) >= 11 is 0. The molecule has 0 amide bonds. The molecule has 1 saturated heterocycles. The number of aliphatic hydroxyl groups is 1. The van der Waals surface area contributed by atoms with Crippen molar-refractivity contribution in [2.45, 2.75) is 62.9 Å². The first-order valence-electron chi connectivity index (χ1n) is 9.45. The normalized spacial score (nSPS) is 18.3. The Morgan fingerprint density at radius 3 is 1.84 bits per heavy atom. The van der Waals surface area contributed by atoms with E-state index >= 15 is 0 Å². The number of nitrogens with two attached hydrogens (primary N) is 3. The average Bonchev–Trinajstić information content (AvgIpc) is 3.25. The van der Waals surface area contributed by atoms with Crippen LogP contribution in [0, 0.1) is 0 Å². The van der Waals surface area contributed by atoms with E-state index in [9.17, 15) is 24.0 Å². The number of aliphatic hydroxyl groups excluding tert-OH is 1. The van der Waals surface area contributed by atoms with Crippen LogP contribution in [0.1, 0.15) is 32.6 Å². The summed E-state index contributed by atoms with van der Waals surface area (Å²) in [6, 6.07) is -3.79. The van der Waals surface area contributed by atoms with Crippen molar-refractivity contribution in [2.24, 2.45) is 17.2 Å². The van der Waals surface area contributed by atoms with E-state index in [-0.39, 0.29) is 18.9 Å². The molecule has 1 aliphatic heterocycles. The van der Waals surface area contributed by atoms with E-state index in [2.05, 4.69) is 10.1 Å². The minimum Gasteiger partial charge on any atom is -0.481 e. The summed E-state index contributed by atoms with van der Waals surface area (Å²) in [6.07, 6.45) is 0.508. The number of aliphatic carboxylic acids is 4. The van der Waals surface area contributed by atoms with Crippen molar-refractivity contribution < 1.29 is 54.2 Å². The number of esters is 1. The van der Waals surface area contributed by atoms with Crippen LogP contribution in [-0.2, 0) is 28.7 Å². The van der Waals surface area contributed by atoms with E-state index in [0.717, 1.165) is 19.4 Å². The van der Waals surface area contributed by atoms with Crippen molar-refractivity contribution in [2.75, 3.05) is 13.2 Å². The minimum atomic E-state index is -1.28. The highest BCUT2D eigenvalue weighted by atomic mass is 16.5. The Bertz CT molecular complexity index is 624. The van der Waals surface area contributed by atoms with Crippen LogP contribution < -0.4 is 22.5 Å². The maximum absolute atomic E-state index is 11.0. The maximum Gasteiger partial charge on any atom is 0.325 e. The molecule has 0 radical (unpaired) electrons. The van der Waals surface area contributed by atoms with Gasteiger partial charge in [0.05, 0.1) is 6.10 Å². The first-order chi connectivity index (χ1) is 14.7. The third-order valence-corrected chi connectivity index (χ3v) is 3.86. The van der Waals surface area contributed by atoms with Crippen LogP contribution in [0.5, 0.6) is 0 Å². The number of hydrogen-bond donors (Lipinski definition) is 9. The molecule has 1 heterocycles. The van der Waals surface area contributed by atoms with Crippen LogP contribution >= 0.6 is 0 Å². The first kappa shape index (κ1) is 31.3. The van der Waals surface area contributed by atoms with E-state index in [4.69, 9.17) is 42.7 Å². The largest absolute Gasteiger partial charge is 0.481 e. The van der Waals surface area contributed by atoms with Gasteiger partial charge in [-0.3, -0.25) is 24.0 Å². The molecule has 15 nitrogen and oxygen atoms in total. The lowest BCUT2D eigenvalue weighted by molar-refractivity contribution is -0.151. The van der Waals surface area contributed by atoms with Crippen LogP contribution in [0.2, 0.25) is 0 Å². The van der Waals surface area contributed by atoms with Gasteiger partial charge in [0.2, 0.25) is 0 Å². The summed E-state index contributed by atoms with van der Waals surface area (Å²) in [4.78, 5) is 51.2. The van der Waals surface area contributed by atoms with Crippen LogP contribution in [-0.4, -0.2) is 98.8 Å². The van der Waals surface area contributed by atoms with Crippen molar-refractivity contribution in [3.05, 3.63) is 0 Å². The molecule has 5 atom stereocenters. The molecule has 12 N–H and O–H groups in total. The molecular weight excluding hydrogens is 436 g/mol. The van der Waals surface area contributed by atoms with Gasteiger partial charge in [0.1, 0.15) is 30.8 Å². The van der Waals surface area contributed by atoms with Crippen molar-refractivity contribution in [3.63, 3.8) is 0 Å². The molecule has 186 valence electrons. The summed E-state index contributed by atoms with van der Waals surface area (Å²) in [5.74, 6) is -5.07. The topological polar surface area (TPSA) is 286 Å². The third kappa shape index (κ3) is 15.9. The predicted molar refractivity (Wildman–Crippen MR) is 107 cm³/mol. The molecule has 1 aliphatic rings. The molecule has 0 aromatic rings. The van der Waals surface area contributed by atoms with Crippen molar-refractivity contribution in [1.82, 2.24) is 5.32 Å². The molecule has 1 fully saturated rings. The quantitative estimate of drug-likeness (QED) is 0.142. The summed E-state index contributed by atoms with van der Waals surface area (Å²) in [5.41, 5.74) is 15.3. The van der Waals surface area contributed by atoms with Gasteiger partial charge in [-0.2, -0.15) is 0 Å². The molecule has 0 aliphatic carbocycles. The Morgan fingerprint density at radius 2 is 1.53 bits per heavy atom. The zero-order valence-electron chi connectivity index (χ0n) is 17.5. The first-order valence-corrected chi connectivity index (χ1v) is 9.45. The number of ether oxygens (including phenoxy) is 1. The molecule has 32 heavy (non-hydrogen) atoms. The van der Waals surface area contributed by atoms with E-state index in [1.165, 1.54) is 6.92 Å². The Balaban J connectivity index is 0. The fraction of sp³-hybridized carbons (Fsp3) is 0.706. The Labute approximate surface area is 183 Å². The molecule has 0 spiro atoms. The second-order valence-corrected chi connectivity index (χ2v) is 6.71. The fourth-order valence-corrected chi connectivity index (χ4v) is 1.83. The standard InChI is InChI=1S/C7H14N2O5.C5H9NO4.C5H9NO2/c1-3(10)5(9)7(13)14-2-4(8)6(11)12;6-3(5(9)10)1-2-4(7)8;7-5(8)4-2-1-3-6-4/h3-5,10H,2,8-9H2,1H3,(H,11,12);3H,1-2,6H2,(H,7,8)(H,9,10);4,6H,1-3H2,(H,7,8)/t3-,4+,5+;3-;4-/m100/s1. The smallest absolute Gasteiger partial charge is 0.325 e. The lowest BCUT2D eigenvalue weighted by Crippen LogP contribution is -2.44. The van der Waals surface area contributed by atoms with Gasteiger partial charge in [0.15, 0.2) is 0 Å². The lowest BCUT2D eigenvalue weighted by atomic mass is 10.2. The summed E-state index contributed by atoms with van der Waals surface area (Å²) in [5, 5.41) is 44.7. The van der Waals surface area contributed by atoms with Crippen molar-refractivity contribution in [3.8, 4) is 0 Å². The Hall–Kier alpha value is -2.85. The zero-order valence-corrected chi connectivity index (χ0v) is 17.5. The molecule has 15 heteroatoms. The molecule has 0 saturated carbocycles. The lowest BCUT2D eigenvalue weighted by Gasteiger charge is -2.14. The molecule has 0 bridgehead atoms. The minimum absolute atomic E-state index is 0.0231. The Morgan fingerprint density at radius 1 is 1.00 bits per heavy atom. The van der Waals surface area contributed by atoms with Gasteiger partial charge in [-0.25, -0.2) is 0 Å². The number of carbonyl (C=O) groups is 5. The Kier molecular flexibility index (Phi) is 16.4. The number of rotatable bonds is 10. The van der Waals surface area contributed by atoms with Crippen LogP contribution in [0.15, 0.2) is 0 Å². The van der Waals surface area contributed by atoms with E-state index in [0.29, 0.717) is 0 Å². The molecule has 1 rings (SSSR count). The monoisotopic (exact) mass is 468 g/mol. The number of hydrogen-bond acceptors (Lipinski definition) is 11. The van der Waals surface area contributed by atoms with Gasteiger partial charge >= 0.3 is 29.8 Å². The highest BCUT2D eigenvalue weighted by molar-refractivity contribution is 5.77. The van der Waals surface area contributed by atoms with E-state index in [1.54, 1.807) is 0 Å². The summed E-state index contributed by atoms with van der Waals surface area (Å²) in [7, 11) is 0. The van der Waals surface area contributed by atoms with Crippen molar-refractivity contribution >= 4 is 29.8 Å². The van der Waals surface area contributed by atoms with Gasteiger partial charge in [-0.15, -0.1) is 0 Å². The van der Waals surface area contributed by atoms with Gasteiger partial charge in [-0.1, -0.05) is 0 Å². The maximum atomic E-state index is 11.0. The highest BCUT2D eigenvalue weighted by Crippen LogP contribution is 2.03.